The highest BCUT2D eigenvalue weighted by Gasteiger charge is 2.31. The van der Waals surface area contributed by atoms with E-state index in [0.29, 0.717) is 29.7 Å². The molecule has 33 heavy (non-hydrogen) atoms. The smallest absolute Gasteiger partial charge is 0.299 e. The number of carbonyl (C=O) groups is 1. The Morgan fingerprint density at radius 3 is 1.64 bits per heavy atom. The number of benzene rings is 3. The molecule has 7 heteroatoms. The first-order valence-electron chi connectivity index (χ1n) is 10.3. The maximum absolute atomic E-state index is 14.1. The van der Waals surface area contributed by atoms with Crippen LogP contribution in [0, 0.1) is 23.4 Å². The van der Waals surface area contributed by atoms with Crippen LogP contribution >= 0.6 is 0 Å². The molecule has 0 bridgehead atoms. The molecule has 0 N–H and O–H groups in total. The maximum Gasteiger partial charge on any atom is 0.416 e. The molecule has 3 rings (SSSR count). The second-order valence-corrected chi connectivity index (χ2v) is 8.52. The van der Waals surface area contributed by atoms with Gasteiger partial charge in [0.2, 0.25) is 0 Å². The van der Waals surface area contributed by atoms with Gasteiger partial charge in [0.05, 0.1) is 5.56 Å². The van der Waals surface area contributed by atoms with Crippen LogP contribution in [0.1, 0.15) is 44.2 Å². The van der Waals surface area contributed by atoms with Crippen molar-refractivity contribution in [3.63, 3.8) is 0 Å². The van der Waals surface area contributed by atoms with Crippen molar-refractivity contribution >= 4 is 5.78 Å². The van der Waals surface area contributed by atoms with Crippen LogP contribution in [0.2, 0.25) is 0 Å². The predicted octanol–water partition coefficient (Wildman–Crippen LogP) is 8.18. The number of rotatable bonds is 6. The van der Waals surface area contributed by atoms with E-state index in [0.717, 1.165) is 24.3 Å². The third-order valence-electron chi connectivity index (χ3n) is 5.31. The van der Waals surface area contributed by atoms with Crippen LogP contribution in [-0.2, 0) is 11.0 Å². The summed E-state index contributed by atoms with van der Waals surface area (Å²) in [5.41, 5.74) is -0.0947. The van der Waals surface area contributed by atoms with Gasteiger partial charge in [-0.25, -0.2) is 13.2 Å². The Balaban J connectivity index is 2.28. The fourth-order valence-corrected chi connectivity index (χ4v) is 3.83. The van der Waals surface area contributed by atoms with E-state index in [-0.39, 0.29) is 28.4 Å². The molecule has 0 radical (unpaired) electrons. The molecular formula is C26H22F6O. The Morgan fingerprint density at radius 2 is 1.18 bits per heavy atom. The molecule has 174 valence electrons. The molecule has 1 atom stereocenters. The molecule has 3 aromatic rings. The molecule has 0 fully saturated rings. The molecule has 0 aliphatic rings. The highest BCUT2D eigenvalue weighted by atomic mass is 19.4. The topological polar surface area (TPSA) is 17.1 Å². The summed E-state index contributed by atoms with van der Waals surface area (Å²) in [7, 11) is 0. The van der Waals surface area contributed by atoms with E-state index < -0.39 is 35.1 Å². The molecule has 0 saturated heterocycles. The zero-order valence-corrected chi connectivity index (χ0v) is 18.2. The SMILES string of the molecule is CC(=O)C(CC(C)C)c1cc(-c2cc(F)cc(F)c2)cc(-c2cc(F)cc(C(F)(F)F)c2)c1. The molecule has 0 aliphatic carbocycles. The number of carbonyl (C=O) groups excluding carboxylic acids is 1. The minimum Gasteiger partial charge on any atom is -0.299 e. The molecule has 3 aromatic carbocycles. The fraction of sp³-hybridized carbons (Fsp3) is 0.269. The summed E-state index contributed by atoms with van der Waals surface area (Å²) in [5.74, 6) is -3.34. The first-order chi connectivity index (χ1) is 15.3. The lowest BCUT2D eigenvalue weighted by molar-refractivity contribution is -0.137. The van der Waals surface area contributed by atoms with E-state index in [1.165, 1.54) is 19.1 Å². The van der Waals surface area contributed by atoms with Gasteiger partial charge in [0.25, 0.3) is 0 Å². The summed E-state index contributed by atoms with van der Waals surface area (Å²) in [6.45, 7) is 5.25. The van der Waals surface area contributed by atoms with Crippen LogP contribution in [0.3, 0.4) is 0 Å². The van der Waals surface area contributed by atoms with Crippen LogP contribution in [-0.4, -0.2) is 5.78 Å². The van der Waals surface area contributed by atoms with Crippen molar-refractivity contribution in [2.75, 3.05) is 0 Å². The van der Waals surface area contributed by atoms with Gasteiger partial charge in [0, 0.05) is 12.0 Å². The molecule has 0 saturated carbocycles. The lowest BCUT2D eigenvalue weighted by Gasteiger charge is -2.20. The third-order valence-corrected chi connectivity index (χ3v) is 5.31. The Labute approximate surface area is 188 Å². The van der Waals surface area contributed by atoms with Crippen molar-refractivity contribution in [1.82, 2.24) is 0 Å². The van der Waals surface area contributed by atoms with Crippen molar-refractivity contribution in [2.24, 2.45) is 5.92 Å². The number of ketones is 1. The minimum atomic E-state index is -4.76. The summed E-state index contributed by atoms with van der Waals surface area (Å²) in [6, 6.07) is 9.59. The zero-order valence-electron chi connectivity index (χ0n) is 18.2. The number of halogens is 6. The van der Waals surface area contributed by atoms with E-state index in [4.69, 9.17) is 0 Å². The Bertz CT molecular complexity index is 1160. The van der Waals surface area contributed by atoms with E-state index >= 15 is 0 Å². The molecule has 0 spiro atoms. The zero-order chi connectivity index (χ0) is 24.5. The molecule has 0 aliphatic heterocycles. The van der Waals surface area contributed by atoms with Crippen molar-refractivity contribution in [3.8, 4) is 22.3 Å². The van der Waals surface area contributed by atoms with Gasteiger partial charge in [0.15, 0.2) is 0 Å². The van der Waals surface area contributed by atoms with Gasteiger partial charge < -0.3 is 0 Å². The summed E-state index contributed by atoms with van der Waals surface area (Å²) < 4.78 is 81.6. The maximum atomic E-state index is 14.1. The molecular weight excluding hydrogens is 442 g/mol. The van der Waals surface area contributed by atoms with Gasteiger partial charge in [-0.1, -0.05) is 26.0 Å². The normalized spacial score (nSPS) is 12.8. The Kier molecular flexibility index (Phi) is 7.00. The highest BCUT2D eigenvalue weighted by Crippen LogP contribution is 2.37. The number of hydrogen-bond donors (Lipinski definition) is 0. The van der Waals surface area contributed by atoms with Crippen LogP contribution in [0.25, 0.3) is 22.3 Å². The largest absolute Gasteiger partial charge is 0.416 e. The van der Waals surface area contributed by atoms with Gasteiger partial charge in [-0.05, 0) is 83.5 Å². The fourth-order valence-electron chi connectivity index (χ4n) is 3.83. The average Bonchev–Trinajstić information content (AvgIpc) is 2.69. The van der Waals surface area contributed by atoms with E-state index in [1.54, 1.807) is 6.07 Å². The molecule has 0 amide bonds. The minimum absolute atomic E-state index is 0.0610. The van der Waals surface area contributed by atoms with Crippen molar-refractivity contribution in [3.05, 3.63) is 83.2 Å². The van der Waals surface area contributed by atoms with E-state index in [1.807, 2.05) is 13.8 Å². The second kappa shape index (κ2) is 9.41. The van der Waals surface area contributed by atoms with Crippen molar-refractivity contribution in [1.29, 1.82) is 0 Å². The van der Waals surface area contributed by atoms with E-state index in [9.17, 15) is 31.1 Å². The van der Waals surface area contributed by atoms with Crippen LogP contribution in [0.4, 0.5) is 26.3 Å². The monoisotopic (exact) mass is 464 g/mol. The van der Waals surface area contributed by atoms with E-state index in [2.05, 4.69) is 0 Å². The predicted molar refractivity (Wildman–Crippen MR) is 115 cm³/mol. The van der Waals surface area contributed by atoms with Gasteiger partial charge >= 0.3 is 6.18 Å². The Hall–Kier alpha value is -3.09. The number of alkyl halides is 3. The summed E-state index contributed by atoms with van der Waals surface area (Å²) in [5, 5.41) is 0. The quantitative estimate of drug-likeness (QED) is 0.336. The van der Waals surface area contributed by atoms with Gasteiger partial charge in [-0.15, -0.1) is 0 Å². The number of hydrogen-bond acceptors (Lipinski definition) is 1. The highest BCUT2D eigenvalue weighted by molar-refractivity contribution is 5.85. The molecule has 1 unspecified atom stereocenters. The number of Topliss-reactive ketones (excluding diaryl/α,β-unsaturated/α-hetero) is 1. The summed E-state index contributed by atoms with van der Waals surface area (Å²) in [4.78, 5) is 12.4. The molecule has 0 aromatic heterocycles. The second-order valence-electron chi connectivity index (χ2n) is 8.52. The molecule has 1 nitrogen and oxygen atoms in total. The first kappa shape index (κ1) is 24.6. The lowest BCUT2D eigenvalue weighted by atomic mass is 9.84. The van der Waals surface area contributed by atoms with Gasteiger partial charge in [0.1, 0.15) is 23.2 Å². The van der Waals surface area contributed by atoms with Gasteiger partial charge in [-0.3, -0.25) is 4.79 Å². The van der Waals surface area contributed by atoms with Gasteiger partial charge in [-0.2, -0.15) is 13.2 Å². The van der Waals surface area contributed by atoms with Crippen molar-refractivity contribution < 1.29 is 31.1 Å². The first-order valence-corrected chi connectivity index (χ1v) is 10.3. The lowest BCUT2D eigenvalue weighted by Crippen LogP contribution is -2.12. The molecule has 0 heterocycles. The summed E-state index contributed by atoms with van der Waals surface area (Å²) >= 11 is 0. The van der Waals surface area contributed by atoms with Crippen LogP contribution < -0.4 is 0 Å². The average molecular weight is 464 g/mol. The standard InChI is InChI=1S/C26H22F6O/c1-14(2)4-25(15(3)33)20-6-16(18-8-21(26(30,31)32)12-22(27)9-18)5-17(7-20)19-10-23(28)13-24(29)11-19/h5-14,25H,4H2,1-3H3. The van der Waals surface area contributed by atoms with Crippen molar-refractivity contribution in [2.45, 2.75) is 39.3 Å². The summed E-state index contributed by atoms with van der Waals surface area (Å²) in [6.07, 6.45) is -4.30. The third kappa shape index (κ3) is 6.03. The van der Waals surface area contributed by atoms with Crippen LogP contribution in [0.15, 0.2) is 54.6 Å². The Morgan fingerprint density at radius 1 is 0.727 bits per heavy atom. The van der Waals surface area contributed by atoms with Crippen LogP contribution in [0.5, 0.6) is 0 Å².